The Balaban J connectivity index is 2.15. The van der Waals surface area contributed by atoms with Gasteiger partial charge in [-0.2, -0.15) is 4.37 Å². The summed E-state index contributed by atoms with van der Waals surface area (Å²) in [6.45, 7) is 2.21. The average Bonchev–Trinajstić information content (AvgIpc) is 2.71. The van der Waals surface area contributed by atoms with Crippen LogP contribution >= 0.6 is 11.5 Å². The minimum Gasteiger partial charge on any atom is -0.382 e. The molecule has 0 aliphatic heterocycles. The Morgan fingerprint density at radius 3 is 2.89 bits per heavy atom. The number of nitrogen functional groups attached to an aromatic ring is 1. The summed E-state index contributed by atoms with van der Waals surface area (Å²) in [5.41, 5.74) is 11.4. The topological polar surface area (TPSA) is 94.0 Å². The van der Waals surface area contributed by atoms with Crippen molar-refractivity contribution in [3.8, 4) is 0 Å². The van der Waals surface area contributed by atoms with E-state index < -0.39 is 5.91 Å². The van der Waals surface area contributed by atoms with Gasteiger partial charge in [-0.25, -0.2) is 0 Å². The molecule has 0 aromatic carbocycles. The molecule has 18 heavy (non-hydrogen) atoms. The van der Waals surface area contributed by atoms with E-state index in [1.807, 2.05) is 0 Å². The monoisotopic (exact) mass is 268 g/mol. The summed E-state index contributed by atoms with van der Waals surface area (Å²) >= 11 is 1.22. The fourth-order valence-electron chi connectivity index (χ4n) is 2.69. The van der Waals surface area contributed by atoms with Gasteiger partial charge in [-0.3, -0.25) is 4.79 Å². The van der Waals surface area contributed by atoms with Gasteiger partial charge in [-0.1, -0.05) is 26.2 Å². The van der Waals surface area contributed by atoms with Gasteiger partial charge in [0.05, 0.1) is 0 Å². The highest BCUT2D eigenvalue weighted by Crippen LogP contribution is 2.33. The Kier molecular flexibility index (Phi) is 4.06. The van der Waals surface area contributed by atoms with Gasteiger partial charge in [-0.15, -0.1) is 0 Å². The maximum Gasteiger partial charge on any atom is 0.255 e. The molecule has 1 aromatic rings. The van der Waals surface area contributed by atoms with Crippen LogP contribution in [0.15, 0.2) is 0 Å². The first kappa shape index (κ1) is 13.1. The molecule has 5 N–H and O–H groups in total. The normalized spacial score (nSPS) is 23.8. The lowest BCUT2D eigenvalue weighted by Crippen LogP contribution is -2.32. The number of carbonyl (C=O) groups is 1. The minimum absolute atomic E-state index is 0.235. The minimum atomic E-state index is -0.507. The quantitative estimate of drug-likeness (QED) is 0.780. The van der Waals surface area contributed by atoms with Gasteiger partial charge in [0.1, 0.15) is 10.6 Å². The molecule has 1 aliphatic carbocycles. The van der Waals surface area contributed by atoms with Crippen LogP contribution in [0.4, 0.5) is 10.8 Å². The Hall–Kier alpha value is -1.30. The molecule has 1 fully saturated rings. The van der Waals surface area contributed by atoms with Crippen molar-refractivity contribution in [2.75, 3.05) is 11.1 Å². The molecule has 1 aliphatic rings. The molecule has 1 amide bonds. The fourth-order valence-corrected chi connectivity index (χ4v) is 3.48. The molecule has 0 radical (unpaired) electrons. The van der Waals surface area contributed by atoms with Crippen molar-refractivity contribution in [1.29, 1.82) is 0 Å². The molecular formula is C12H20N4OS. The molecule has 1 aromatic heterocycles. The number of nitrogens with one attached hydrogen (secondary N) is 1. The number of carbonyl (C=O) groups excluding carboxylic acids is 1. The highest BCUT2D eigenvalue weighted by atomic mass is 32.1. The van der Waals surface area contributed by atoms with Crippen molar-refractivity contribution in [3.63, 3.8) is 0 Å². The Morgan fingerprint density at radius 1 is 1.50 bits per heavy atom. The molecule has 0 bridgehead atoms. The van der Waals surface area contributed by atoms with Crippen LogP contribution in [-0.4, -0.2) is 16.3 Å². The third kappa shape index (κ3) is 2.58. The van der Waals surface area contributed by atoms with E-state index in [1.165, 1.54) is 30.8 Å². The predicted molar refractivity (Wildman–Crippen MR) is 74.7 cm³/mol. The Bertz CT molecular complexity index is 432. The second-order valence-electron chi connectivity index (χ2n) is 4.84. The zero-order valence-corrected chi connectivity index (χ0v) is 11.4. The number of nitrogens with zero attached hydrogens (tertiary/aromatic N) is 1. The number of rotatable bonds is 4. The summed E-state index contributed by atoms with van der Waals surface area (Å²) in [6.07, 6.45) is 6.05. The number of hydrogen-bond acceptors (Lipinski definition) is 5. The van der Waals surface area contributed by atoms with Gasteiger partial charge in [-0.05, 0) is 30.3 Å². The summed E-state index contributed by atoms with van der Waals surface area (Å²) in [5, 5.41) is 4.16. The molecule has 1 saturated carbocycles. The lowest BCUT2D eigenvalue weighted by atomic mass is 9.83. The first-order valence-electron chi connectivity index (χ1n) is 6.45. The van der Waals surface area contributed by atoms with Crippen molar-refractivity contribution >= 4 is 28.3 Å². The van der Waals surface area contributed by atoms with Crippen LogP contribution in [0.3, 0.4) is 0 Å². The van der Waals surface area contributed by atoms with Crippen molar-refractivity contribution < 1.29 is 4.79 Å². The maximum absolute atomic E-state index is 11.4. The Morgan fingerprint density at radius 2 is 2.22 bits per heavy atom. The smallest absolute Gasteiger partial charge is 0.255 e. The summed E-state index contributed by atoms with van der Waals surface area (Å²) in [6, 6.07) is 0.404. The molecule has 5 nitrogen and oxygen atoms in total. The van der Waals surface area contributed by atoms with E-state index in [0.29, 0.717) is 17.5 Å². The number of hydrogen-bond donors (Lipinski definition) is 3. The second-order valence-corrected chi connectivity index (χ2v) is 5.61. The van der Waals surface area contributed by atoms with Gasteiger partial charge in [0.2, 0.25) is 0 Å². The van der Waals surface area contributed by atoms with Crippen LogP contribution in [0, 0.1) is 5.92 Å². The van der Waals surface area contributed by atoms with E-state index in [2.05, 4.69) is 16.6 Å². The maximum atomic E-state index is 11.4. The number of anilines is 2. The Labute approximate surface area is 111 Å². The number of primary amides is 1. The first-order valence-corrected chi connectivity index (χ1v) is 7.22. The fraction of sp³-hybridized carbons (Fsp3) is 0.667. The van der Waals surface area contributed by atoms with Crippen molar-refractivity contribution in [2.45, 2.75) is 45.1 Å². The van der Waals surface area contributed by atoms with Crippen LogP contribution in [-0.2, 0) is 0 Å². The molecule has 0 spiro atoms. The molecule has 6 heteroatoms. The zero-order valence-electron chi connectivity index (χ0n) is 10.6. The van der Waals surface area contributed by atoms with E-state index >= 15 is 0 Å². The van der Waals surface area contributed by atoms with Crippen LogP contribution in [0.5, 0.6) is 0 Å². The molecule has 2 rings (SSSR count). The SMILES string of the molecule is CCC1CCCCC1Nc1snc(N)c1C(N)=O. The number of nitrogens with two attached hydrogens (primary N) is 2. The number of amides is 1. The predicted octanol–water partition coefficient (Wildman–Crippen LogP) is 2.20. The highest BCUT2D eigenvalue weighted by molar-refractivity contribution is 7.11. The van der Waals surface area contributed by atoms with Crippen LogP contribution in [0.25, 0.3) is 0 Å². The molecule has 2 unspecified atom stereocenters. The number of aromatic nitrogens is 1. The highest BCUT2D eigenvalue weighted by Gasteiger charge is 2.26. The van der Waals surface area contributed by atoms with Crippen LogP contribution < -0.4 is 16.8 Å². The first-order chi connectivity index (χ1) is 8.63. The van der Waals surface area contributed by atoms with E-state index in [4.69, 9.17) is 11.5 Å². The lowest BCUT2D eigenvalue weighted by molar-refractivity contribution is 0.100. The summed E-state index contributed by atoms with van der Waals surface area (Å²) in [5.74, 6) is 0.384. The van der Waals surface area contributed by atoms with Gasteiger partial charge in [0.25, 0.3) is 5.91 Å². The van der Waals surface area contributed by atoms with Gasteiger partial charge < -0.3 is 16.8 Å². The van der Waals surface area contributed by atoms with E-state index in [9.17, 15) is 4.79 Å². The van der Waals surface area contributed by atoms with E-state index in [1.54, 1.807) is 0 Å². The summed E-state index contributed by atoms with van der Waals surface area (Å²) in [7, 11) is 0. The van der Waals surface area contributed by atoms with Crippen molar-refractivity contribution in [1.82, 2.24) is 4.37 Å². The van der Waals surface area contributed by atoms with Gasteiger partial charge >= 0.3 is 0 Å². The molecule has 1 heterocycles. The van der Waals surface area contributed by atoms with E-state index in [0.717, 1.165) is 17.8 Å². The lowest BCUT2D eigenvalue weighted by Gasteiger charge is -2.31. The van der Waals surface area contributed by atoms with Gasteiger partial charge in [0, 0.05) is 6.04 Å². The van der Waals surface area contributed by atoms with Gasteiger partial charge in [0.15, 0.2) is 5.82 Å². The third-order valence-corrected chi connectivity index (χ3v) is 4.51. The van der Waals surface area contributed by atoms with E-state index in [-0.39, 0.29) is 5.82 Å². The zero-order chi connectivity index (χ0) is 13.1. The molecular weight excluding hydrogens is 248 g/mol. The third-order valence-electron chi connectivity index (χ3n) is 3.71. The average molecular weight is 268 g/mol. The van der Waals surface area contributed by atoms with Crippen LogP contribution in [0.2, 0.25) is 0 Å². The van der Waals surface area contributed by atoms with Crippen molar-refractivity contribution in [3.05, 3.63) is 5.56 Å². The largest absolute Gasteiger partial charge is 0.382 e. The molecule has 100 valence electrons. The second kappa shape index (κ2) is 5.56. The van der Waals surface area contributed by atoms with Crippen molar-refractivity contribution in [2.24, 2.45) is 11.7 Å². The molecule has 0 saturated heterocycles. The molecule has 2 atom stereocenters. The summed E-state index contributed by atoms with van der Waals surface area (Å²) < 4.78 is 4.01. The standard InChI is InChI=1S/C12H20N4OS/c1-2-7-5-3-4-6-8(7)15-12-9(11(14)17)10(13)16-18-12/h7-8,15H,2-6H2,1H3,(H2,13,16)(H2,14,17). The van der Waals surface area contributed by atoms with Crippen LogP contribution in [0.1, 0.15) is 49.4 Å². The summed E-state index contributed by atoms with van der Waals surface area (Å²) in [4.78, 5) is 11.4.